The van der Waals surface area contributed by atoms with Gasteiger partial charge in [0.25, 0.3) is 0 Å². The summed E-state index contributed by atoms with van der Waals surface area (Å²) in [7, 11) is 0. The normalized spacial score (nSPS) is 10.4. The molecule has 0 unspecified atom stereocenters. The molecule has 19 heavy (non-hydrogen) atoms. The van der Waals surface area contributed by atoms with E-state index in [9.17, 15) is 0 Å². The van der Waals surface area contributed by atoms with Crippen molar-refractivity contribution in [2.75, 3.05) is 0 Å². The molecule has 0 aliphatic rings. The standard InChI is InChI=1S/C15H10BrN3/c16-13-9-14(11-1-5-17-6-2-11)19-15(10-13)12-3-7-18-8-4-12/h1-10H. The second kappa shape index (κ2) is 5.28. The summed E-state index contributed by atoms with van der Waals surface area (Å²) in [6.45, 7) is 0. The van der Waals surface area contributed by atoms with Gasteiger partial charge in [-0.05, 0) is 36.4 Å². The molecule has 3 aromatic heterocycles. The number of halogens is 1. The van der Waals surface area contributed by atoms with Gasteiger partial charge in [0.1, 0.15) is 0 Å². The highest BCUT2D eigenvalue weighted by Gasteiger charge is 2.05. The first-order valence-corrected chi connectivity index (χ1v) is 6.60. The number of pyridine rings is 3. The van der Waals surface area contributed by atoms with Gasteiger partial charge >= 0.3 is 0 Å². The van der Waals surface area contributed by atoms with E-state index in [1.807, 2.05) is 36.4 Å². The second-order valence-corrected chi connectivity index (χ2v) is 4.94. The number of rotatable bonds is 2. The van der Waals surface area contributed by atoms with E-state index >= 15 is 0 Å². The van der Waals surface area contributed by atoms with Gasteiger partial charge in [-0.1, -0.05) is 15.9 Å². The second-order valence-electron chi connectivity index (χ2n) is 4.03. The summed E-state index contributed by atoms with van der Waals surface area (Å²) in [6, 6.07) is 11.8. The summed E-state index contributed by atoms with van der Waals surface area (Å²) in [4.78, 5) is 12.7. The van der Waals surface area contributed by atoms with Gasteiger partial charge in [-0.3, -0.25) is 9.97 Å². The Balaban J connectivity index is 2.12. The molecule has 0 bridgehead atoms. The first kappa shape index (κ1) is 12.0. The van der Waals surface area contributed by atoms with Crippen molar-refractivity contribution in [1.29, 1.82) is 0 Å². The fraction of sp³-hybridized carbons (Fsp3) is 0. The minimum atomic E-state index is 0.920. The van der Waals surface area contributed by atoms with Crippen LogP contribution in [0.15, 0.2) is 65.7 Å². The van der Waals surface area contributed by atoms with Crippen molar-refractivity contribution < 1.29 is 0 Å². The third-order valence-electron chi connectivity index (χ3n) is 2.74. The zero-order valence-corrected chi connectivity index (χ0v) is 11.6. The van der Waals surface area contributed by atoms with Crippen LogP contribution in [0, 0.1) is 0 Å². The van der Waals surface area contributed by atoms with Crippen LogP contribution in [-0.2, 0) is 0 Å². The van der Waals surface area contributed by atoms with E-state index in [0.29, 0.717) is 0 Å². The van der Waals surface area contributed by atoms with Crippen molar-refractivity contribution in [1.82, 2.24) is 15.0 Å². The van der Waals surface area contributed by atoms with E-state index in [1.54, 1.807) is 24.8 Å². The maximum absolute atomic E-state index is 4.69. The van der Waals surface area contributed by atoms with Crippen LogP contribution >= 0.6 is 15.9 Å². The highest BCUT2D eigenvalue weighted by Crippen LogP contribution is 2.26. The first-order valence-electron chi connectivity index (χ1n) is 5.81. The SMILES string of the molecule is Brc1cc(-c2ccncc2)nc(-c2ccncc2)c1. The lowest BCUT2D eigenvalue weighted by Crippen LogP contribution is -1.89. The summed E-state index contributed by atoms with van der Waals surface area (Å²) in [6.07, 6.45) is 7.07. The average molecular weight is 312 g/mol. The lowest BCUT2D eigenvalue weighted by atomic mass is 10.1. The van der Waals surface area contributed by atoms with Gasteiger partial charge in [-0.2, -0.15) is 0 Å². The summed E-state index contributed by atoms with van der Waals surface area (Å²) < 4.78 is 1.00. The molecule has 0 spiro atoms. The van der Waals surface area contributed by atoms with E-state index in [4.69, 9.17) is 0 Å². The molecule has 0 aromatic carbocycles. The molecule has 0 amide bonds. The van der Waals surface area contributed by atoms with Gasteiger partial charge in [0.2, 0.25) is 0 Å². The van der Waals surface area contributed by atoms with E-state index in [1.165, 1.54) is 0 Å². The summed E-state index contributed by atoms with van der Waals surface area (Å²) >= 11 is 3.54. The first-order chi connectivity index (χ1) is 9.33. The maximum Gasteiger partial charge on any atom is 0.0721 e. The minimum Gasteiger partial charge on any atom is -0.265 e. The number of hydrogen-bond donors (Lipinski definition) is 0. The third-order valence-corrected chi connectivity index (χ3v) is 3.20. The summed E-state index contributed by atoms with van der Waals surface area (Å²) in [5.74, 6) is 0. The zero-order chi connectivity index (χ0) is 13.1. The van der Waals surface area contributed by atoms with Crippen LogP contribution in [0.3, 0.4) is 0 Å². The Morgan fingerprint density at radius 2 is 1.11 bits per heavy atom. The van der Waals surface area contributed by atoms with Crippen LogP contribution in [0.25, 0.3) is 22.5 Å². The molecule has 0 aliphatic heterocycles. The molecule has 0 saturated carbocycles. The molecule has 0 aliphatic carbocycles. The molecule has 3 heterocycles. The van der Waals surface area contributed by atoms with Crippen LogP contribution in [-0.4, -0.2) is 15.0 Å². The van der Waals surface area contributed by atoms with Gasteiger partial charge in [-0.15, -0.1) is 0 Å². The fourth-order valence-electron chi connectivity index (χ4n) is 1.84. The average Bonchev–Trinajstić information content (AvgIpc) is 2.48. The molecule has 0 saturated heterocycles. The molecular weight excluding hydrogens is 302 g/mol. The van der Waals surface area contributed by atoms with E-state index in [-0.39, 0.29) is 0 Å². The van der Waals surface area contributed by atoms with Gasteiger partial charge in [-0.25, -0.2) is 4.98 Å². The van der Waals surface area contributed by atoms with Crippen molar-refractivity contribution in [3.05, 3.63) is 65.7 Å². The summed E-state index contributed by atoms with van der Waals surface area (Å²) in [5, 5.41) is 0. The highest BCUT2D eigenvalue weighted by molar-refractivity contribution is 9.10. The van der Waals surface area contributed by atoms with E-state index < -0.39 is 0 Å². The number of aromatic nitrogens is 3. The number of hydrogen-bond acceptors (Lipinski definition) is 3. The predicted molar refractivity (Wildman–Crippen MR) is 78.4 cm³/mol. The Morgan fingerprint density at radius 1 is 0.684 bits per heavy atom. The summed E-state index contributed by atoms with van der Waals surface area (Å²) in [5.41, 5.74) is 3.94. The molecule has 3 aromatic rings. The maximum atomic E-state index is 4.69. The molecule has 4 heteroatoms. The molecule has 0 radical (unpaired) electrons. The van der Waals surface area contributed by atoms with Crippen molar-refractivity contribution in [3.8, 4) is 22.5 Å². The van der Waals surface area contributed by atoms with Gasteiger partial charge in [0.15, 0.2) is 0 Å². The minimum absolute atomic E-state index is 0.920. The van der Waals surface area contributed by atoms with Gasteiger partial charge in [0, 0.05) is 40.4 Å². The molecule has 3 nitrogen and oxygen atoms in total. The van der Waals surface area contributed by atoms with Crippen molar-refractivity contribution in [3.63, 3.8) is 0 Å². The fourth-order valence-corrected chi connectivity index (χ4v) is 2.27. The van der Waals surface area contributed by atoms with Gasteiger partial charge in [0.05, 0.1) is 11.4 Å². The predicted octanol–water partition coefficient (Wildman–Crippen LogP) is 3.97. The van der Waals surface area contributed by atoms with Crippen LogP contribution < -0.4 is 0 Å². The largest absolute Gasteiger partial charge is 0.265 e. The van der Waals surface area contributed by atoms with Crippen LogP contribution in [0.5, 0.6) is 0 Å². The van der Waals surface area contributed by atoms with E-state index in [2.05, 4.69) is 30.9 Å². The number of nitrogens with zero attached hydrogens (tertiary/aromatic N) is 3. The highest BCUT2D eigenvalue weighted by atomic mass is 79.9. The monoisotopic (exact) mass is 311 g/mol. The quantitative estimate of drug-likeness (QED) is 0.719. The molecule has 0 N–H and O–H groups in total. The molecule has 92 valence electrons. The van der Waals surface area contributed by atoms with Crippen LogP contribution in [0.1, 0.15) is 0 Å². The Morgan fingerprint density at radius 3 is 1.53 bits per heavy atom. The Bertz CT molecular complexity index is 627. The Kier molecular flexibility index (Phi) is 3.33. The molecule has 3 rings (SSSR count). The Hall–Kier alpha value is -2.07. The zero-order valence-electron chi connectivity index (χ0n) is 9.99. The lowest BCUT2D eigenvalue weighted by Gasteiger charge is -2.06. The van der Waals surface area contributed by atoms with Gasteiger partial charge < -0.3 is 0 Å². The molecular formula is C15H10BrN3. The van der Waals surface area contributed by atoms with Crippen molar-refractivity contribution in [2.45, 2.75) is 0 Å². The van der Waals surface area contributed by atoms with Crippen molar-refractivity contribution >= 4 is 15.9 Å². The van der Waals surface area contributed by atoms with Crippen LogP contribution in [0.4, 0.5) is 0 Å². The Labute approximate surface area is 119 Å². The molecule has 0 fully saturated rings. The molecule has 0 atom stereocenters. The van der Waals surface area contributed by atoms with Crippen molar-refractivity contribution in [2.24, 2.45) is 0 Å². The third kappa shape index (κ3) is 2.69. The van der Waals surface area contributed by atoms with E-state index in [0.717, 1.165) is 27.0 Å². The lowest BCUT2D eigenvalue weighted by molar-refractivity contribution is 1.27. The smallest absolute Gasteiger partial charge is 0.0721 e. The van der Waals surface area contributed by atoms with Crippen LogP contribution in [0.2, 0.25) is 0 Å². The topological polar surface area (TPSA) is 38.7 Å².